The van der Waals surface area contributed by atoms with Crippen molar-refractivity contribution in [2.24, 2.45) is 0 Å². The molecule has 0 spiro atoms. The van der Waals surface area contributed by atoms with Crippen molar-refractivity contribution in [3.63, 3.8) is 0 Å². The molecule has 0 atom stereocenters. The maximum Gasteiger partial charge on any atom is 0.256 e. The van der Waals surface area contributed by atoms with E-state index in [4.69, 9.17) is 17.3 Å². The number of rotatable bonds is 2. The SMILES string of the molecule is Nc1cc(Cl)cc(C(=O)Nc2ncccc2Br)c1. The number of carbonyl (C=O) groups is 1. The average Bonchev–Trinajstić information content (AvgIpc) is 2.31. The Bertz CT molecular complexity index is 583. The first-order chi connectivity index (χ1) is 8.56. The van der Waals surface area contributed by atoms with E-state index in [-0.39, 0.29) is 5.91 Å². The molecule has 0 aliphatic rings. The summed E-state index contributed by atoms with van der Waals surface area (Å²) >= 11 is 9.14. The van der Waals surface area contributed by atoms with Gasteiger partial charge in [-0.05, 0) is 46.3 Å². The molecule has 0 aliphatic carbocycles. The fourth-order valence-corrected chi connectivity index (χ4v) is 2.00. The van der Waals surface area contributed by atoms with Gasteiger partial charge in [-0.2, -0.15) is 0 Å². The summed E-state index contributed by atoms with van der Waals surface area (Å²) in [5.41, 5.74) is 6.46. The summed E-state index contributed by atoms with van der Waals surface area (Å²) in [6.07, 6.45) is 1.59. The zero-order valence-corrected chi connectivity index (χ0v) is 11.5. The van der Waals surface area contributed by atoms with Gasteiger partial charge in [0.05, 0.1) is 4.47 Å². The lowest BCUT2D eigenvalue weighted by molar-refractivity contribution is 0.102. The highest BCUT2D eigenvalue weighted by Gasteiger charge is 2.10. The number of nitrogen functional groups attached to an aromatic ring is 1. The molecule has 1 aromatic carbocycles. The Morgan fingerprint density at radius 2 is 2.17 bits per heavy atom. The summed E-state index contributed by atoms with van der Waals surface area (Å²) in [5, 5.41) is 3.09. The summed E-state index contributed by atoms with van der Waals surface area (Å²) in [7, 11) is 0. The van der Waals surface area contributed by atoms with Gasteiger partial charge in [0, 0.05) is 22.5 Å². The first-order valence-corrected chi connectivity index (χ1v) is 6.21. The minimum Gasteiger partial charge on any atom is -0.399 e. The standard InChI is InChI=1S/C12H9BrClN3O/c13-10-2-1-3-16-11(10)17-12(18)7-4-8(14)6-9(15)5-7/h1-6H,15H2,(H,16,17,18). The topological polar surface area (TPSA) is 68.0 Å². The molecular weight excluding hydrogens is 318 g/mol. The number of nitrogens with one attached hydrogen (secondary N) is 1. The van der Waals surface area contributed by atoms with Crippen LogP contribution in [0.4, 0.5) is 11.5 Å². The third kappa shape index (κ3) is 3.00. The van der Waals surface area contributed by atoms with Gasteiger partial charge in [-0.25, -0.2) is 4.98 Å². The molecular formula is C12H9BrClN3O. The van der Waals surface area contributed by atoms with Crippen LogP contribution in [0.15, 0.2) is 41.0 Å². The van der Waals surface area contributed by atoms with Gasteiger partial charge in [-0.3, -0.25) is 4.79 Å². The molecule has 0 radical (unpaired) electrons. The second-order valence-corrected chi connectivity index (χ2v) is 4.85. The molecule has 1 heterocycles. The van der Waals surface area contributed by atoms with Crippen molar-refractivity contribution in [2.75, 3.05) is 11.1 Å². The van der Waals surface area contributed by atoms with Gasteiger partial charge >= 0.3 is 0 Å². The van der Waals surface area contributed by atoms with Crippen molar-refractivity contribution < 1.29 is 4.79 Å². The fourth-order valence-electron chi connectivity index (χ4n) is 1.40. The van der Waals surface area contributed by atoms with E-state index in [2.05, 4.69) is 26.2 Å². The number of hydrogen-bond acceptors (Lipinski definition) is 3. The highest BCUT2D eigenvalue weighted by molar-refractivity contribution is 9.10. The quantitative estimate of drug-likeness (QED) is 0.832. The van der Waals surface area contributed by atoms with Gasteiger partial charge < -0.3 is 11.1 Å². The molecule has 4 nitrogen and oxygen atoms in total. The monoisotopic (exact) mass is 325 g/mol. The number of aromatic nitrogens is 1. The molecule has 92 valence electrons. The van der Waals surface area contributed by atoms with Gasteiger partial charge in [0.15, 0.2) is 0 Å². The zero-order valence-electron chi connectivity index (χ0n) is 9.15. The van der Waals surface area contributed by atoms with Crippen molar-refractivity contribution in [3.05, 3.63) is 51.6 Å². The van der Waals surface area contributed by atoms with E-state index < -0.39 is 0 Å². The molecule has 0 unspecified atom stereocenters. The summed E-state index contributed by atoms with van der Waals surface area (Å²) in [4.78, 5) is 16.0. The van der Waals surface area contributed by atoms with Crippen molar-refractivity contribution >= 4 is 44.9 Å². The Balaban J connectivity index is 2.25. The van der Waals surface area contributed by atoms with Crippen LogP contribution in [0.3, 0.4) is 0 Å². The number of nitrogens with two attached hydrogens (primary N) is 1. The van der Waals surface area contributed by atoms with Crippen LogP contribution in [0.25, 0.3) is 0 Å². The summed E-state index contributed by atoms with van der Waals surface area (Å²) in [6.45, 7) is 0. The summed E-state index contributed by atoms with van der Waals surface area (Å²) in [6, 6.07) is 8.23. The van der Waals surface area contributed by atoms with E-state index in [9.17, 15) is 4.79 Å². The number of nitrogens with zero attached hydrogens (tertiary/aromatic N) is 1. The fraction of sp³-hybridized carbons (Fsp3) is 0. The average molecular weight is 327 g/mol. The lowest BCUT2D eigenvalue weighted by Crippen LogP contribution is -2.13. The first-order valence-electron chi connectivity index (χ1n) is 5.04. The number of halogens is 2. The van der Waals surface area contributed by atoms with Gasteiger partial charge in [0.1, 0.15) is 5.82 Å². The second-order valence-electron chi connectivity index (χ2n) is 3.56. The Hall–Kier alpha value is -1.59. The molecule has 0 saturated carbocycles. The maximum atomic E-state index is 12.0. The van der Waals surface area contributed by atoms with E-state index in [0.29, 0.717) is 26.6 Å². The van der Waals surface area contributed by atoms with E-state index in [1.54, 1.807) is 36.5 Å². The largest absolute Gasteiger partial charge is 0.399 e. The number of amides is 1. The second kappa shape index (κ2) is 5.37. The number of pyridine rings is 1. The Morgan fingerprint density at radius 3 is 2.83 bits per heavy atom. The highest BCUT2D eigenvalue weighted by atomic mass is 79.9. The molecule has 6 heteroatoms. The van der Waals surface area contributed by atoms with Crippen LogP contribution in [0.1, 0.15) is 10.4 Å². The maximum absolute atomic E-state index is 12.0. The van der Waals surface area contributed by atoms with E-state index in [0.717, 1.165) is 0 Å². The molecule has 18 heavy (non-hydrogen) atoms. The van der Waals surface area contributed by atoms with Crippen LogP contribution in [-0.4, -0.2) is 10.9 Å². The normalized spacial score (nSPS) is 10.1. The predicted molar refractivity (Wildman–Crippen MR) is 75.8 cm³/mol. The highest BCUT2D eigenvalue weighted by Crippen LogP contribution is 2.21. The molecule has 3 N–H and O–H groups in total. The molecule has 0 aliphatic heterocycles. The van der Waals surface area contributed by atoms with Crippen molar-refractivity contribution in [3.8, 4) is 0 Å². The van der Waals surface area contributed by atoms with Crippen molar-refractivity contribution in [2.45, 2.75) is 0 Å². The molecule has 1 aromatic heterocycles. The lowest BCUT2D eigenvalue weighted by Gasteiger charge is -2.07. The summed E-state index contributed by atoms with van der Waals surface area (Å²) < 4.78 is 0.702. The Morgan fingerprint density at radius 1 is 1.39 bits per heavy atom. The number of hydrogen-bond donors (Lipinski definition) is 2. The van der Waals surface area contributed by atoms with E-state index in [1.807, 2.05) is 0 Å². The van der Waals surface area contributed by atoms with Gasteiger partial charge in [-0.1, -0.05) is 11.6 Å². The van der Waals surface area contributed by atoms with Crippen LogP contribution in [0.2, 0.25) is 5.02 Å². The van der Waals surface area contributed by atoms with Crippen LogP contribution < -0.4 is 11.1 Å². The van der Waals surface area contributed by atoms with Crippen molar-refractivity contribution in [1.82, 2.24) is 4.98 Å². The van der Waals surface area contributed by atoms with Gasteiger partial charge in [-0.15, -0.1) is 0 Å². The minimum atomic E-state index is -0.316. The number of carbonyl (C=O) groups excluding carboxylic acids is 1. The Labute approximate surface area is 117 Å². The predicted octanol–water partition coefficient (Wildman–Crippen LogP) is 3.33. The van der Waals surface area contributed by atoms with E-state index >= 15 is 0 Å². The minimum absolute atomic E-state index is 0.316. The third-order valence-electron chi connectivity index (χ3n) is 2.17. The third-order valence-corrected chi connectivity index (χ3v) is 3.03. The molecule has 0 saturated heterocycles. The van der Waals surface area contributed by atoms with Crippen LogP contribution in [0, 0.1) is 0 Å². The van der Waals surface area contributed by atoms with Gasteiger partial charge in [0.2, 0.25) is 0 Å². The van der Waals surface area contributed by atoms with E-state index in [1.165, 1.54) is 0 Å². The smallest absolute Gasteiger partial charge is 0.256 e. The Kier molecular flexibility index (Phi) is 3.84. The summed E-state index contributed by atoms with van der Waals surface area (Å²) in [5.74, 6) is 0.129. The molecule has 0 bridgehead atoms. The lowest BCUT2D eigenvalue weighted by atomic mass is 10.2. The molecule has 2 aromatic rings. The number of anilines is 2. The van der Waals surface area contributed by atoms with Crippen molar-refractivity contribution in [1.29, 1.82) is 0 Å². The molecule has 2 rings (SSSR count). The molecule has 1 amide bonds. The van der Waals surface area contributed by atoms with Crippen LogP contribution in [-0.2, 0) is 0 Å². The molecule has 0 fully saturated rings. The van der Waals surface area contributed by atoms with Gasteiger partial charge in [0.25, 0.3) is 5.91 Å². The number of benzene rings is 1. The van der Waals surface area contributed by atoms with Crippen LogP contribution >= 0.6 is 27.5 Å². The van der Waals surface area contributed by atoms with Crippen LogP contribution in [0.5, 0.6) is 0 Å². The zero-order chi connectivity index (χ0) is 13.1. The first kappa shape index (κ1) is 12.9.